The molecule has 1 aromatic rings. The first kappa shape index (κ1) is 8.97. The molecule has 1 heterocycles. The fourth-order valence-electron chi connectivity index (χ4n) is 1.20. The number of ether oxygens (including phenoxy) is 2. The van der Waals surface area contributed by atoms with Gasteiger partial charge in [0.1, 0.15) is 4.47 Å². The summed E-state index contributed by atoms with van der Waals surface area (Å²) in [6.07, 6.45) is 0. The smallest absolute Gasteiger partial charge is 0.231 e. The molecule has 1 aliphatic rings. The zero-order chi connectivity index (χ0) is 9.59. The van der Waals surface area contributed by atoms with Crippen LogP contribution in [0.15, 0.2) is 4.47 Å². The van der Waals surface area contributed by atoms with Crippen LogP contribution in [-0.2, 0) is 0 Å². The minimum absolute atomic E-state index is 0.0107. The van der Waals surface area contributed by atoms with Crippen LogP contribution in [0.1, 0.15) is 5.56 Å². The maximum absolute atomic E-state index is 9.54. The second kappa shape index (κ2) is 2.96. The summed E-state index contributed by atoms with van der Waals surface area (Å²) in [5.41, 5.74) is 0.690. The number of benzene rings is 1. The molecule has 0 amide bonds. The molecule has 0 spiro atoms. The molecule has 0 radical (unpaired) electrons. The Kier molecular flexibility index (Phi) is 2.04. The summed E-state index contributed by atoms with van der Waals surface area (Å²) in [4.78, 5) is 0. The number of aromatic hydroxyl groups is 1. The van der Waals surface area contributed by atoms with Crippen LogP contribution >= 0.6 is 27.5 Å². The average Bonchev–Trinajstić information content (AvgIpc) is 2.59. The van der Waals surface area contributed by atoms with E-state index >= 15 is 0 Å². The molecular formula is C8H6BrClO3. The molecule has 2 rings (SSSR count). The van der Waals surface area contributed by atoms with Gasteiger partial charge in [0, 0.05) is 5.56 Å². The van der Waals surface area contributed by atoms with Crippen LogP contribution in [0.4, 0.5) is 0 Å². The Balaban J connectivity index is 2.77. The van der Waals surface area contributed by atoms with Gasteiger partial charge in [-0.15, -0.1) is 0 Å². The number of phenols is 1. The van der Waals surface area contributed by atoms with Crippen molar-refractivity contribution in [2.75, 3.05) is 6.79 Å². The first-order valence-corrected chi connectivity index (χ1v) is 4.76. The monoisotopic (exact) mass is 264 g/mol. The molecule has 0 saturated heterocycles. The fourth-order valence-corrected chi connectivity index (χ4v) is 1.99. The van der Waals surface area contributed by atoms with Crippen LogP contribution in [0, 0.1) is 6.92 Å². The molecule has 1 aromatic carbocycles. The van der Waals surface area contributed by atoms with Gasteiger partial charge in [-0.25, -0.2) is 0 Å². The van der Waals surface area contributed by atoms with Crippen LogP contribution in [0.5, 0.6) is 17.2 Å². The van der Waals surface area contributed by atoms with Crippen molar-refractivity contribution in [1.82, 2.24) is 0 Å². The SMILES string of the molecule is Cc1c(Cl)c(O)c(Br)c2c1OCO2. The summed E-state index contributed by atoms with van der Waals surface area (Å²) < 4.78 is 10.8. The number of halogens is 2. The summed E-state index contributed by atoms with van der Waals surface area (Å²) in [7, 11) is 0. The molecule has 13 heavy (non-hydrogen) atoms. The van der Waals surface area contributed by atoms with E-state index in [0.29, 0.717) is 21.5 Å². The van der Waals surface area contributed by atoms with Gasteiger partial charge >= 0.3 is 0 Å². The lowest BCUT2D eigenvalue weighted by Gasteiger charge is -2.07. The molecule has 0 aliphatic carbocycles. The van der Waals surface area contributed by atoms with Crippen molar-refractivity contribution in [3.63, 3.8) is 0 Å². The summed E-state index contributed by atoms with van der Waals surface area (Å²) >= 11 is 9.03. The Morgan fingerprint density at radius 2 is 2.00 bits per heavy atom. The topological polar surface area (TPSA) is 38.7 Å². The maximum atomic E-state index is 9.54. The number of hydrogen-bond donors (Lipinski definition) is 1. The number of fused-ring (bicyclic) bond motifs is 1. The summed E-state index contributed by atoms with van der Waals surface area (Å²) in [5, 5.41) is 9.82. The molecular weight excluding hydrogens is 259 g/mol. The zero-order valence-corrected chi connectivity index (χ0v) is 9.07. The van der Waals surface area contributed by atoms with E-state index < -0.39 is 0 Å². The third-order valence-corrected chi connectivity index (χ3v) is 3.10. The van der Waals surface area contributed by atoms with E-state index in [4.69, 9.17) is 21.1 Å². The van der Waals surface area contributed by atoms with Crippen LogP contribution in [-0.4, -0.2) is 11.9 Å². The Morgan fingerprint density at radius 1 is 1.38 bits per heavy atom. The van der Waals surface area contributed by atoms with E-state index in [1.807, 2.05) is 0 Å². The van der Waals surface area contributed by atoms with Crippen molar-refractivity contribution < 1.29 is 14.6 Å². The molecule has 0 saturated carbocycles. The van der Waals surface area contributed by atoms with E-state index in [0.717, 1.165) is 0 Å². The van der Waals surface area contributed by atoms with Crippen molar-refractivity contribution >= 4 is 27.5 Å². The van der Waals surface area contributed by atoms with Crippen molar-refractivity contribution in [3.8, 4) is 17.2 Å². The molecule has 5 heteroatoms. The molecule has 0 fully saturated rings. The van der Waals surface area contributed by atoms with Crippen molar-refractivity contribution in [1.29, 1.82) is 0 Å². The molecule has 0 bridgehead atoms. The van der Waals surface area contributed by atoms with E-state index in [-0.39, 0.29) is 17.6 Å². The summed E-state index contributed by atoms with van der Waals surface area (Å²) in [6.45, 7) is 1.93. The lowest BCUT2D eigenvalue weighted by molar-refractivity contribution is 0.173. The normalized spacial score (nSPS) is 13.5. The highest BCUT2D eigenvalue weighted by Crippen LogP contribution is 2.50. The lowest BCUT2D eigenvalue weighted by Crippen LogP contribution is -1.93. The van der Waals surface area contributed by atoms with Crippen LogP contribution < -0.4 is 9.47 Å². The first-order chi connectivity index (χ1) is 6.13. The molecule has 70 valence electrons. The van der Waals surface area contributed by atoms with Crippen LogP contribution in [0.2, 0.25) is 5.02 Å². The van der Waals surface area contributed by atoms with Gasteiger partial charge in [0.05, 0.1) is 5.02 Å². The Hall–Kier alpha value is -0.610. The molecule has 1 N–H and O–H groups in total. The molecule has 0 atom stereocenters. The second-order valence-electron chi connectivity index (χ2n) is 2.67. The van der Waals surface area contributed by atoms with Gasteiger partial charge in [-0.1, -0.05) is 11.6 Å². The van der Waals surface area contributed by atoms with Gasteiger partial charge < -0.3 is 14.6 Å². The highest BCUT2D eigenvalue weighted by Gasteiger charge is 2.25. The van der Waals surface area contributed by atoms with E-state index in [1.165, 1.54) is 0 Å². The van der Waals surface area contributed by atoms with Crippen molar-refractivity contribution in [3.05, 3.63) is 15.1 Å². The lowest BCUT2D eigenvalue weighted by atomic mass is 10.2. The van der Waals surface area contributed by atoms with Gasteiger partial charge in [-0.2, -0.15) is 0 Å². The first-order valence-electron chi connectivity index (χ1n) is 3.59. The van der Waals surface area contributed by atoms with Gasteiger partial charge in [-0.3, -0.25) is 0 Å². The van der Waals surface area contributed by atoms with E-state index in [2.05, 4.69) is 15.9 Å². The standard InChI is InChI=1S/C8H6BrClO3/c1-3-5(10)6(11)4(9)8-7(3)12-2-13-8/h11H,2H2,1H3. The van der Waals surface area contributed by atoms with E-state index in [9.17, 15) is 5.11 Å². The quantitative estimate of drug-likeness (QED) is 0.784. The van der Waals surface area contributed by atoms with Crippen molar-refractivity contribution in [2.45, 2.75) is 6.92 Å². The van der Waals surface area contributed by atoms with Gasteiger partial charge in [0.2, 0.25) is 6.79 Å². The number of hydrogen-bond acceptors (Lipinski definition) is 3. The average molecular weight is 265 g/mol. The summed E-state index contributed by atoms with van der Waals surface area (Å²) in [6, 6.07) is 0. The fraction of sp³-hybridized carbons (Fsp3) is 0.250. The van der Waals surface area contributed by atoms with Crippen molar-refractivity contribution in [2.24, 2.45) is 0 Å². The molecule has 3 nitrogen and oxygen atoms in total. The minimum Gasteiger partial charge on any atom is -0.505 e. The van der Waals surface area contributed by atoms with Crippen LogP contribution in [0.25, 0.3) is 0 Å². The highest BCUT2D eigenvalue weighted by atomic mass is 79.9. The van der Waals surface area contributed by atoms with Gasteiger partial charge in [-0.05, 0) is 22.9 Å². The maximum Gasteiger partial charge on any atom is 0.231 e. The second-order valence-corrected chi connectivity index (χ2v) is 3.84. The Labute approximate surface area is 88.3 Å². The van der Waals surface area contributed by atoms with Gasteiger partial charge in [0.25, 0.3) is 0 Å². The largest absolute Gasteiger partial charge is 0.505 e. The Morgan fingerprint density at radius 3 is 2.69 bits per heavy atom. The third-order valence-electron chi connectivity index (χ3n) is 1.90. The van der Waals surface area contributed by atoms with E-state index in [1.54, 1.807) is 6.92 Å². The van der Waals surface area contributed by atoms with Crippen LogP contribution in [0.3, 0.4) is 0 Å². The Bertz CT molecular complexity index is 343. The molecule has 0 aromatic heterocycles. The summed E-state index contributed by atoms with van der Waals surface area (Å²) in [5.74, 6) is 1.09. The zero-order valence-electron chi connectivity index (χ0n) is 6.73. The number of rotatable bonds is 0. The third kappa shape index (κ3) is 1.16. The highest BCUT2D eigenvalue weighted by molar-refractivity contribution is 9.10. The predicted molar refractivity (Wildman–Crippen MR) is 51.7 cm³/mol. The minimum atomic E-state index is -0.0107. The molecule has 1 aliphatic heterocycles. The predicted octanol–water partition coefficient (Wildman–Crippen LogP) is 2.85. The number of phenolic OH excluding ortho intramolecular Hbond substituents is 1. The van der Waals surface area contributed by atoms with Gasteiger partial charge in [0.15, 0.2) is 17.2 Å². The molecule has 0 unspecified atom stereocenters.